The molecule has 3 rings (SSSR count). The third-order valence-electron chi connectivity index (χ3n) is 3.83. The van der Waals surface area contributed by atoms with Gasteiger partial charge in [-0.1, -0.05) is 59.8 Å². The first kappa shape index (κ1) is 19.1. The number of aromatic nitrogens is 3. The minimum absolute atomic E-state index is 0.187. The van der Waals surface area contributed by atoms with Crippen LogP contribution in [0.4, 0.5) is 0 Å². The summed E-state index contributed by atoms with van der Waals surface area (Å²) in [7, 11) is 1.85. The Kier molecular flexibility index (Phi) is 6.26. The summed E-state index contributed by atoms with van der Waals surface area (Å²) in [6.07, 6.45) is 1.64. The normalized spacial score (nSPS) is 11.1. The Morgan fingerprint density at radius 1 is 1.26 bits per heavy atom. The molecule has 6 nitrogen and oxygen atoms in total. The summed E-state index contributed by atoms with van der Waals surface area (Å²) in [5, 5.41) is 13.6. The molecule has 0 aliphatic heterocycles. The molecule has 0 aliphatic rings. The Morgan fingerprint density at radius 2 is 2.07 bits per heavy atom. The summed E-state index contributed by atoms with van der Waals surface area (Å²) < 4.78 is 1.83. The molecule has 0 saturated carbocycles. The lowest BCUT2D eigenvalue weighted by molar-refractivity contribution is -0.118. The maximum absolute atomic E-state index is 12.0. The highest BCUT2D eigenvalue weighted by atomic mass is 35.5. The van der Waals surface area contributed by atoms with Crippen molar-refractivity contribution < 1.29 is 4.79 Å². The van der Waals surface area contributed by atoms with Crippen molar-refractivity contribution >= 4 is 35.5 Å². The maximum atomic E-state index is 12.0. The van der Waals surface area contributed by atoms with Crippen molar-refractivity contribution in [1.29, 1.82) is 0 Å². The van der Waals surface area contributed by atoms with Crippen LogP contribution in [-0.4, -0.2) is 32.6 Å². The van der Waals surface area contributed by atoms with E-state index in [9.17, 15) is 4.79 Å². The number of thioether (sulfide) groups is 1. The van der Waals surface area contributed by atoms with E-state index >= 15 is 0 Å². The van der Waals surface area contributed by atoms with Crippen LogP contribution in [0.3, 0.4) is 0 Å². The first-order valence-electron chi connectivity index (χ1n) is 8.20. The molecule has 8 heteroatoms. The standard InChI is InChI=1S/C19H18ClN5OS/c1-13-6-3-4-7-15(13)11-21-22-17(26)12-27-19-24-23-18(25(19)2)14-8-5-9-16(20)10-14/h3-11H,12H2,1-2H3,(H,22,26)/b21-11-. The Labute approximate surface area is 166 Å². The van der Waals surface area contributed by atoms with Crippen LogP contribution in [0.25, 0.3) is 11.4 Å². The molecule has 1 N–H and O–H groups in total. The van der Waals surface area contributed by atoms with Gasteiger partial charge in [0.1, 0.15) is 0 Å². The van der Waals surface area contributed by atoms with Crippen molar-refractivity contribution in [3.63, 3.8) is 0 Å². The second-order valence-corrected chi connectivity index (χ2v) is 7.19. The fraction of sp³-hybridized carbons (Fsp3) is 0.158. The quantitative estimate of drug-likeness (QED) is 0.390. The first-order chi connectivity index (χ1) is 13.0. The van der Waals surface area contributed by atoms with Crippen molar-refractivity contribution in [2.24, 2.45) is 12.1 Å². The first-order valence-corrected chi connectivity index (χ1v) is 9.56. The van der Waals surface area contributed by atoms with Crippen molar-refractivity contribution in [3.8, 4) is 11.4 Å². The summed E-state index contributed by atoms with van der Waals surface area (Å²) in [6.45, 7) is 1.99. The molecule has 0 bridgehead atoms. The Morgan fingerprint density at radius 3 is 2.85 bits per heavy atom. The van der Waals surface area contributed by atoms with Crippen LogP contribution in [0.5, 0.6) is 0 Å². The van der Waals surface area contributed by atoms with Gasteiger partial charge < -0.3 is 4.57 Å². The number of carbonyl (C=O) groups is 1. The van der Waals surface area contributed by atoms with Crippen LogP contribution < -0.4 is 5.43 Å². The largest absolute Gasteiger partial charge is 0.305 e. The number of nitrogens with zero attached hydrogens (tertiary/aromatic N) is 4. The van der Waals surface area contributed by atoms with Gasteiger partial charge in [0, 0.05) is 17.6 Å². The zero-order chi connectivity index (χ0) is 19.2. The van der Waals surface area contributed by atoms with Crippen LogP contribution in [0, 0.1) is 6.92 Å². The van der Waals surface area contributed by atoms with Crippen LogP contribution in [0.1, 0.15) is 11.1 Å². The Bertz CT molecular complexity index is 986. The highest BCUT2D eigenvalue weighted by Crippen LogP contribution is 2.24. The SMILES string of the molecule is Cc1ccccc1/C=N\NC(=O)CSc1nnc(-c2cccc(Cl)c2)n1C. The topological polar surface area (TPSA) is 72.2 Å². The van der Waals surface area contributed by atoms with Gasteiger partial charge in [0.25, 0.3) is 5.91 Å². The predicted octanol–water partition coefficient (Wildman–Crippen LogP) is 3.69. The molecule has 0 aliphatic carbocycles. The van der Waals surface area contributed by atoms with Crippen molar-refractivity contribution in [2.45, 2.75) is 12.1 Å². The van der Waals surface area contributed by atoms with Gasteiger partial charge in [-0.05, 0) is 30.2 Å². The number of hydrazone groups is 1. The molecule has 0 radical (unpaired) electrons. The van der Waals surface area contributed by atoms with Gasteiger partial charge in [0.15, 0.2) is 11.0 Å². The highest BCUT2D eigenvalue weighted by Gasteiger charge is 2.13. The molecule has 0 unspecified atom stereocenters. The average molecular weight is 400 g/mol. The van der Waals surface area contributed by atoms with Crippen LogP contribution in [-0.2, 0) is 11.8 Å². The van der Waals surface area contributed by atoms with E-state index in [1.807, 2.05) is 61.0 Å². The molecule has 2 aromatic carbocycles. The lowest BCUT2D eigenvalue weighted by atomic mass is 10.1. The molecule has 1 heterocycles. The van der Waals surface area contributed by atoms with Gasteiger partial charge in [0.2, 0.25) is 0 Å². The van der Waals surface area contributed by atoms with Gasteiger partial charge >= 0.3 is 0 Å². The molecule has 0 atom stereocenters. The molecular weight excluding hydrogens is 382 g/mol. The third kappa shape index (κ3) is 4.96. The summed E-state index contributed by atoms with van der Waals surface area (Å²) in [5.41, 5.74) is 5.46. The molecule has 1 aromatic heterocycles. The molecule has 3 aromatic rings. The Hall–Kier alpha value is -2.64. The fourth-order valence-corrected chi connectivity index (χ4v) is 3.28. The molecule has 138 valence electrons. The maximum Gasteiger partial charge on any atom is 0.250 e. The second kappa shape index (κ2) is 8.83. The van der Waals surface area contributed by atoms with E-state index in [1.54, 1.807) is 12.3 Å². The zero-order valence-corrected chi connectivity index (χ0v) is 16.5. The number of benzene rings is 2. The number of rotatable bonds is 6. The van der Waals surface area contributed by atoms with Gasteiger partial charge in [-0.15, -0.1) is 10.2 Å². The van der Waals surface area contributed by atoms with Crippen LogP contribution >= 0.6 is 23.4 Å². The summed E-state index contributed by atoms with van der Waals surface area (Å²) >= 11 is 7.32. The van der Waals surface area contributed by atoms with Crippen molar-refractivity contribution in [2.75, 3.05) is 5.75 Å². The third-order valence-corrected chi connectivity index (χ3v) is 5.09. The number of halogens is 1. The van der Waals surface area contributed by atoms with Gasteiger partial charge in [-0.25, -0.2) is 5.43 Å². The molecule has 0 spiro atoms. The van der Waals surface area contributed by atoms with E-state index in [0.717, 1.165) is 16.7 Å². The number of nitrogens with one attached hydrogen (secondary N) is 1. The highest BCUT2D eigenvalue weighted by molar-refractivity contribution is 7.99. The number of amides is 1. The number of carbonyl (C=O) groups excluding carboxylic acids is 1. The number of hydrogen-bond donors (Lipinski definition) is 1. The van der Waals surface area contributed by atoms with E-state index in [1.165, 1.54) is 11.8 Å². The van der Waals surface area contributed by atoms with E-state index in [-0.39, 0.29) is 11.7 Å². The summed E-state index contributed by atoms with van der Waals surface area (Å²) in [6, 6.07) is 15.2. The van der Waals surface area contributed by atoms with Crippen molar-refractivity contribution in [3.05, 3.63) is 64.7 Å². The fourth-order valence-electron chi connectivity index (χ4n) is 2.39. The lowest BCUT2D eigenvalue weighted by Crippen LogP contribution is -2.20. The van der Waals surface area contributed by atoms with E-state index < -0.39 is 0 Å². The van der Waals surface area contributed by atoms with E-state index in [2.05, 4.69) is 20.7 Å². The molecule has 0 saturated heterocycles. The van der Waals surface area contributed by atoms with Crippen LogP contribution in [0.2, 0.25) is 5.02 Å². The van der Waals surface area contributed by atoms with Gasteiger partial charge in [-0.2, -0.15) is 5.10 Å². The molecule has 1 amide bonds. The lowest BCUT2D eigenvalue weighted by Gasteiger charge is -2.04. The van der Waals surface area contributed by atoms with E-state index in [4.69, 9.17) is 11.6 Å². The van der Waals surface area contributed by atoms with Gasteiger partial charge in [0.05, 0.1) is 12.0 Å². The van der Waals surface area contributed by atoms with Gasteiger partial charge in [-0.3, -0.25) is 4.79 Å². The number of aryl methyl sites for hydroxylation is 1. The smallest absolute Gasteiger partial charge is 0.250 e. The Balaban J connectivity index is 1.57. The summed E-state index contributed by atoms with van der Waals surface area (Å²) in [4.78, 5) is 12.0. The average Bonchev–Trinajstić information content (AvgIpc) is 3.02. The summed E-state index contributed by atoms with van der Waals surface area (Å²) in [5.74, 6) is 0.669. The molecular formula is C19H18ClN5OS. The number of hydrogen-bond acceptors (Lipinski definition) is 5. The van der Waals surface area contributed by atoms with Crippen LogP contribution in [0.15, 0.2) is 58.8 Å². The molecule has 27 heavy (non-hydrogen) atoms. The zero-order valence-electron chi connectivity index (χ0n) is 14.9. The minimum atomic E-state index is -0.211. The van der Waals surface area contributed by atoms with Crippen molar-refractivity contribution in [1.82, 2.24) is 20.2 Å². The molecule has 0 fully saturated rings. The second-order valence-electron chi connectivity index (χ2n) is 5.81. The monoisotopic (exact) mass is 399 g/mol. The predicted molar refractivity (Wildman–Crippen MR) is 109 cm³/mol. The van der Waals surface area contributed by atoms with E-state index in [0.29, 0.717) is 16.0 Å². The minimum Gasteiger partial charge on any atom is -0.305 e.